The van der Waals surface area contributed by atoms with Crippen LogP contribution in [0.1, 0.15) is 34.6 Å². The van der Waals surface area contributed by atoms with Crippen molar-refractivity contribution in [2.45, 2.75) is 52.0 Å². The van der Waals surface area contributed by atoms with Crippen molar-refractivity contribution in [1.29, 1.82) is 0 Å². The Labute approximate surface area is 109 Å². The van der Waals surface area contributed by atoms with Gasteiger partial charge in [-0.15, -0.1) is 0 Å². The average molecular weight is 251 g/mol. The molecule has 4 nitrogen and oxygen atoms in total. The first-order valence-corrected chi connectivity index (χ1v) is 6.29. The predicted octanol–water partition coefficient (Wildman–Crippen LogP) is 1.71. The van der Waals surface area contributed by atoms with E-state index in [-0.39, 0.29) is 18.3 Å². The Kier molecular flexibility index (Phi) is 3.12. The van der Waals surface area contributed by atoms with E-state index in [1.807, 2.05) is 53.9 Å². The standard InChI is InChI=1S/C13H22BNO3/c1-9-7-10(8-15(6)11(9)16)14-17-12(2,3)13(4,5)18-14/h7-8,11,16H,1-6H3. The van der Waals surface area contributed by atoms with Crippen molar-refractivity contribution in [3.05, 3.63) is 23.3 Å². The molecule has 1 saturated heterocycles. The van der Waals surface area contributed by atoms with Crippen LogP contribution in [0.15, 0.2) is 23.3 Å². The van der Waals surface area contributed by atoms with Crippen LogP contribution in [-0.2, 0) is 9.31 Å². The fourth-order valence-electron chi connectivity index (χ4n) is 2.11. The predicted molar refractivity (Wildman–Crippen MR) is 71.7 cm³/mol. The average Bonchev–Trinajstić information content (AvgIpc) is 2.44. The Morgan fingerprint density at radius 1 is 1.22 bits per heavy atom. The van der Waals surface area contributed by atoms with Gasteiger partial charge in [0.1, 0.15) is 6.23 Å². The van der Waals surface area contributed by atoms with Gasteiger partial charge in [-0.2, -0.15) is 0 Å². The number of likely N-dealkylation sites (N-methyl/N-ethyl adjacent to an activating group) is 1. The van der Waals surface area contributed by atoms with Crippen LogP contribution in [0, 0.1) is 0 Å². The second kappa shape index (κ2) is 4.12. The van der Waals surface area contributed by atoms with Crippen LogP contribution < -0.4 is 0 Å². The van der Waals surface area contributed by atoms with Crippen molar-refractivity contribution in [1.82, 2.24) is 4.90 Å². The van der Waals surface area contributed by atoms with Crippen LogP contribution >= 0.6 is 0 Å². The van der Waals surface area contributed by atoms with E-state index in [9.17, 15) is 5.11 Å². The molecule has 0 aromatic rings. The third-order valence-corrected chi connectivity index (χ3v) is 4.07. The van der Waals surface area contributed by atoms with Crippen LogP contribution in [0.5, 0.6) is 0 Å². The molecule has 0 amide bonds. The van der Waals surface area contributed by atoms with Gasteiger partial charge in [0, 0.05) is 13.2 Å². The van der Waals surface area contributed by atoms with Crippen molar-refractivity contribution in [3.63, 3.8) is 0 Å². The highest BCUT2D eigenvalue weighted by molar-refractivity contribution is 6.55. The summed E-state index contributed by atoms with van der Waals surface area (Å²) in [5.41, 5.74) is 1.16. The summed E-state index contributed by atoms with van der Waals surface area (Å²) in [5.74, 6) is 0. The van der Waals surface area contributed by atoms with Gasteiger partial charge in [-0.1, -0.05) is 6.08 Å². The van der Waals surface area contributed by atoms with Gasteiger partial charge in [0.25, 0.3) is 0 Å². The molecular weight excluding hydrogens is 229 g/mol. The molecule has 1 N–H and O–H groups in total. The van der Waals surface area contributed by atoms with Crippen molar-refractivity contribution in [2.24, 2.45) is 0 Å². The summed E-state index contributed by atoms with van der Waals surface area (Å²) in [6.45, 7) is 10.0. The second-order valence-corrected chi connectivity index (χ2v) is 6.14. The molecule has 5 heteroatoms. The van der Waals surface area contributed by atoms with Crippen LogP contribution in [0.25, 0.3) is 0 Å². The highest BCUT2D eigenvalue weighted by atomic mass is 16.7. The summed E-state index contributed by atoms with van der Waals surface area (Å²) in [4.78, 5) is 1.76. The summed E-state index contributed by atoms with van der Waals surface area (Å²) in [6.07, 6.45) is 3.25. The lowest BCUT2D eigenvalue weighted by Gasteiger charge is -2.32. The monoisotopic (exact) mass is 251 g/mol. The zero-order valence-electron chi connectivity index (χ0n) is 12.0. The zero-order chi connectivity index (χ0) is 13.7. The first-order valence-electron chi connectivity index (χ1n) is 6.29. The normalized spacial score (nSPS) is 30.3. The van der Waals surface area contributed by atoms with Gasteiger partial charge in [-0.25, -0.2) is 0 Å². The van der Waals surface area contributed by atoms with E-state index >= 15 is 0 Å². The third kappa shape index (κ3) is 2.11. The van der Waals surface area contributed by atoms with Gasteiger partial charge >= 0.3 is 7.12 Å². The fraction of sp³-hybridized carbons (Fsp3) is 0.692. The van der Waals surface area contributed by atoms with Crippen LogP contribution in [-0.4, -0.2) is 41.6 Å². The minimum Gasteiger partial charge on any atom is -0.399 e. The molecule has 2 heterocycles. The van der Waals surface area contributed by atoms with Gasteiger partial charge < -0.3 is 19.3 Å². The Bertz CT molecular complexity index is 398. The van der Waals surface area contributed by atoms with Crippen LogP contribution in [0.4, 0.5) is 0 Å². The molecule has 0 bridgehead atoms. The molecule has 0 radical (unpaired) electrons. The largest absolute Gasteiger partial charge is 0.496 e. The summed E-state index contributed by atoms with van der Waals surface area (Å²) < 4.78 is 12.0. The maximum absolute atomic E-state index is 9.84. The molecule has 0 aliphatic carbocycles. The first kappa shape index (κ1) is 13.7. The minimum atomic E-state index is -0.559. The SMILES string of the molecule is CC1=CC(B2OC(C)(C)C(C)(C)O2)=CN(C)C1O. The second-order valence-electron chi connectivity index (χ2n) is 6.14. The smallest absolute Gasteiger partial charge is 0.399 e. The molecule has 2 aliphatic rings. The van der Waals surface area contributed by atoms with Gasteiger partial charge in [0.15, 0.2) is 0 Å². The Hall–Kier alpha value is -0.775. The number of allylic oxidation sites excluding steroid dienone is 2. The van der Waals surface area contributed by atoms with E-state index in [0.717, 1.165) is 11.0 Å². The lowest BCUT2D eigenvalue weighted by Crippen LogP contribution is -2.41. The quantitative estimate of drug-likeness (QED) is 0.720. The Morgan fingerprint density at radius 2 is 1.72 bits per heavy atom. The molecule has 1 unspecified atom stereocenters. The number of rotatable bonds is 1. The molecule has 18 heavy (non-hydrogen) atoms. The maximum Gasteiger partial charge on any atom is 0.496 e. The minimum absolute atomic E-state index is 0.338. The first-order chi connectivity index (χ1) is 8.14. The Morgan fingerprint density at radius 3 is 2.17 bits per heavy atom. The third-order valence-electron chi connectivity index (χ3n) is 4.07. The highest BCUT2D eigenvalue weighted by Crippen LogP contribution is 2.39. The molecule has 0 saturated carbocycles. The zero-order valence-corrected chi connectivity index (χ0v) is 12.0. The van der Waals surface area contributed by atoms with Gasteiger partial charge in [0.2, 0.25) is 0 Å². The molecule has 1 atom stereocenters. The highest BCUT2D eigenvalue weighted by Gasteiger charge is 2.52. The number of nitrogens with zero attached hydrogens (tertiary/aromatic N) is 1. The lowest BCUT2D eigenvalue weighted by atomic mass is 9.76. The molecule has 2 rings (SSSR count). The van der Waals surface area contributed by atoms with Crippen molar-refractivity contribution in [2.75, 3.05) is 7.05 Å². The van der Waals surface area contributed by atoms with Crippen LogP contribution in [0.2, 0.25) is 0 Å². The van der Waals surface area contributed by atoms with Gasteiger partial charge in [0.05, 0.1) is 11.2 Å². The lowest BCUT2D eigenvalue weighted by molar-refractivity contribution is 0.00578. The summed E-state index contributed by atoms with van der Waals surface area (Å²) in [5, 5.41) is 9.84. The number of aliphatic hydroxyl groups is 1. The van der Waals surface area contributed by atoms with Crippen molar-refractivity contribution >= 4 is 7.12 Å². The van der Waals surface area contributed by atoms with E-state index in [2.05, 4.69) is 0 Å². The fourth-order valence-corrected chi connectivity index (χ4v) is 2.11. The van der Waals surface area contributed by atoms with Crippen molar-refractivity contribution < 1.29 is 14.4 Å². The van der Waals surface area contributed by atoms with Gasteiger partial charge in [-0.05, 0) is 45.7 Å². The van der Waals surface area contributed by atoms with E-state index in [1.54, 1.807) is 4.90 Å². The maximum atomic E-state index is 9.84. The molecule has 0 aromatic heterocycles. The molecule has 0 aromatic carbocycles. The van der Waals surface area contributed by atoms with Crippen LogP contribution in [0.3, 0.4) is 0 Å². The number of hydrogen-bond acceptors (Lipinski definition) is 4. The van der Waals surface area contributed by atoms with E-state index < -0.39 is 6.23 Å². The van der Waals surface area contributed by atoms with E-state index in [1.165, 1.54) is 0 Å². The molecule has 100 valence electrons. The number of aliphatic hydroxyl groups excluding tert-OH is 1. The number of hydrogen-bond donors (Lipinski definition) is 1. The molecule has 2 aliphatic heterocycles. The molecule has 0 spiro atoms. The summed E-state index contributed by atoms with van der Waals surface area (Å²) in [7, 11) is 1.46. The van der Waals surface area contributed by atoms with E-state index in [4.69, 9.17) is 9.31 Å². The van der Waals surface area contributed by atoms with Gasteiger partial charge in [-0.3, -0.25) is 0 Å². The van der Waals surface area contributed by atoms with Crippen molar-refractivity contribution in [3.8, 4) is 0 Å². The van der Waals surface area contributed by atoms with E-state index in [0.29, 0.717) is 0 Å². The Balaban J connectivity index is 2.24. The topological polar surface area (TPSA) is 41.9 Å². The molecule has 1 fully saturated rings. The molecular formula is C13H22BNO3. The summed E-state index contributed by atoms with van der Waals surface area (Å²) in [6, 6.07) is 0. The summed E-state index contributed by atoms with van der Waals surface area (Å²) >= 11 is 0.